The Morgan fingerprint density at radius 3 is 2.05 bits per heavy atom. The number of nitrogen functional groups attached to an aromatic ring is 1. The highest BCUT2D eigenvalue weighted by Crippen LogP contribution is 2.13. The minimum Gasteiger partial charge on any atom is -0.489 e. The lowest BCUT2D eigenvalue weighted by Crippen LogP contribution is -2.10. The number of hydrogen-bond donors (Lipinski definition) is 2. The molecule has 0 unspecified atom stereocenters. The first-order valence-corrected chi connectivity index (χ1v) is 5.37. The molecule has 0 bridgehead atoms. The molecule has 3 N–H and O–H groups in total. The molecule has 19 heavy (non-hydrogen) atoms. The molecule has 0 aliphatic rings. The van der Waals surface area contributed by atoms with Gasteiger partial charge in [0.1, 0.15) is 18.2 Å². The van der Waals surface area contributed by atoms with Gasteiger partial charge in [0.2, 0.25) is 0 Å². The third kappa shape index (κ3) is 5.20. The average molecular weight is 299 g/mol. The molecule has 0 saturated carbocycles. The molecule has 0 aromatic heterocycles. The van der Waals surface area contributed by atoms with E-state index in [9.17, 15) is 0 Å². The fraction of sp³-hybridized carbons (Fsp3) is 0.0714. The molecule has 0 spiro atoms. The number of nitrogens with two attached hydrogens (primary N) is 1. The second-order valence-corrected chi connectivity index (χ2v) is 3.71. The minimum absolute atomic E-state index is 0. The summed E-state index contributed by atoms with van der Waals surface area (Å²) in [6.45, 7) is 0.542. The van der Waals surface area contributed by atoms with E-state index in [4.69, 9.17) is 15.9 Å². The van der Waals surface area contributed by atoms with E-state index in [1.807, 2.05) is 42.5 Å². The lowest BCUT2D eigenvalue weighted by molar-refractivity contribution is 0.306. The minimum atomic E-state index is 0. The summed E-state index contributed by atoms with van der Waals surface area (Å²) in [6.07, 6.45) is 0. The van der Waals surface area contributed by atoms with E-state index < -0.39 is 0 Å². The third-order valence-electron chi connectivity index (χ3n) is 2.41. The number of rotatable bonds is 4. The standard InChI is InChI=1S/C14H14N2O.2ClH/c15-14(16)12-6-8-13(9-7-12)17-10-11-4-2-1-3-5-11;;/h1-9H,10H2,(H3,15,16);2*1H. The molecule has 0 aliphatic carbocycles. The lowest BCUT2D eigenvalue weighted by atomic mass is 10.2. The summed E-state index contributed by atoms with van der Waals surface area (Å²) in [6, 6.07) is 17.2. The maximum Gasteiger partial charge on any atom is 0.122 e. The largest absolute Gasteiger partial charge is 0.489 e. The van der Waals surface area contributed by atoms with Crippen molar-refractivity contribution < 1.29 is 4.74 Å². The van der Waals surface area contributed by atoms with E-state index in [1.54, 1.807) is 12.1 Å². The smallest absolute Gasteiger partial charge is 0.122 e. The molecule has 0 radical (unpaired) electrons. The van der Waals surface area contributed by atoms with Gasteiger partial charge in [0, 0.05) is 5.56 Å². The van der Waals surface area contributed by atoms with Crippen molar-refractivity contribution in [2.45, 2.75) is 6.61 Å². The normalized spacial score (nSPS) is 8.84. The molecule has 5 heteroatoms. The second-order valence-electron chi connectivity index (χ2n) is 3.71. The first-order chi connectivity index (χ1) is 8.25. The van der Waals surface area contributed by atoms with Gasteiger partial charge in [-0.1, -0.05) is 30.3 Å². The van der Waals surface area contributed by atoms with Crippen LogP contribution in [0.25, 0.3) is 0 Å². The van der Waals surface area contributed by atoms with E-state index >= 15 is 0 Å². The molecule has 0 saturated heterocycles. The van der Waals surface area contributed by atoms with Crippen molar-refractivity contribution in [2.75, 3.05) is 0 Å². The van der Waals surface area contributed by atoms with Crippen LogP contribution in [0.15, 0.2) is 54.6 Å². The van der Waals surface area contributed by atoms with Crippen molar-refractivity contribution in [1.82, 2.24) is 0 Å². The van der Waals surface area contributed by atoms with Crippen LogP contribution in [-0.4, -0.2) is 5.84 Å². The van der Waals surface area contributed by atoms with E-state index in [-0.39, 0.29) is 30.6 Å². The first-order valence-electron chi connectivity index (χ1n) is 5.37. The SMILES string of the molecule is Cl.Cl.N=C(N)c1ccc(OCc2ccccc2)cc1. The van der Waals surface area contributed by atoms with Gasteiger partial charge in [-0.05, 0) is 29.8 Å². The average Bonchev–Trinajstić information content (AvgIpc) is 2.38. The van der Waals surface area contributed by atoms with Crippen molar-refractivity contribution in [3.8, 4) is 5.75 Å². The molecule has 0 atom stereocenters. The predicted molar refractivity (Wildman–Crippen MR) is 82.7 cm³/mol. The number of ether oxygens (including phenoxy) is 1. The topological polar surface area (TPSA) is 59.1 Å². The van der Waals surface area contributed by atoms with Crippen molar-refractivity contribution in [1.29, 1.82) is 5.41 Å². The highest BCUT2D eigenvalue weighted by atomic mass is 35.5. The molecule has 0 aliphatic heterocycles. The number of nitrogens with one attached hydrogen (secondary N) is 1. The van der Waals surface area contributed by atoms with Crippen LogP contribution in [0.1, 0.15) is 11.1 Å². The van der Waals surface area contributed by atoms with Gasteiger partial charge in [0.25, 0.3) is 0 Å². The van der Waals surface area contributed by atoms with Crippen LogP contribution in [0.2, 0.25) is 0 Å². The highest BCUT2D eigenvalue weighted by molar-refractivity contribution is 5.94. The molecule has 102 valence electrons. The van der Waals surface area contributed by atoms with Gasteiger partial charge in [-0.3, -0.25) is 5.41 Å². The summed E-state index contributed by atoms with van der Waals surface area (Å²) < 4.78 is 5.62. The van der Waals surface area contributed by atoms with Crippen LogP contribution < -0.4 is 10.5 Å². The molecule has 0 heterocycles. The number of amidine groups is 1. The van der Waals surface area contributed by atoms with Crippen LogP contribution in [-0.2, 0) is 6.61 Å². The highest BCUT2D eigenvalue weighted by Gasteiger charge is 1.98. The molecular weight excluding hydrogens is 283 g/mol. The van der Waals surface area contributed by atoms with Gasteiger partial charge in [0.05, 0.1) is 0 Å². The van der Waals surface area contributed by atoms with Gasteiger partial charge >= 0.3 is 0 Å². The Morgan fingerprint density at radius 1 is 0.947 bits per heavy atom. The Bertz CT molecular complexity index is 501. The zero-order valence-electron chi connectivity index (χ0n) is 10.2. The van der Waals surface area contributed by atoms with Crippen molar-refractivity contribution >= 4 is 30.6 Å². The Morgan fingerprint density at radius 2 is 1.53 bits per heavy atom. The fourth-order valence-corrected chi connectivity index (χ4v) is 1.47. The maximum atomic E-state index is 7.28. The fourth-order valence-electron chi connectivity index (χ4n) is 1.47. The second kappa shape index (κ2) is 8.40. The maximum absolute atomic E-state index is 7.28. The van der Waals surface area contributed by atoms with Crippen LogP contribution >= 0.6 is 24.8 Å². The van der Waals surface area contributed by atoms with Crippen LogP contribution in [0.4, 0.5) is 0 Å². The number of halogens is 2. The molecule has 0 amide bonds. The Balaban J connectivity index is 0.00000162. The summed E-state index contributed by atoms with van der Waals surface area (Å²) in [4.78, 5) is 0. The molecule has 0 fully saturated rings. The third-order valence-corrected chi connectivity index (χ3v) is 2.41. The van der Waals surface area contributed by atoms with Crippen LogP contribution in [0.5, 0.6) is 5.75 Å². The van der Waals surface area contributed by atoms with Gasteiger partial charge in [0.15, 0.2) is 0 Å². The van der Waals surface area contributed by atoms with Crippen molar-refractivity contribution in [3.05, 3.63) is 65.7 Å². The van der Waals surface area contributed by atoms with Gasteiger partial charge in [-0.2, -0.15) is 0 Å². The zero-order valence-corrected chi connectivity index (χ0v) is 11.8. The van der Waals surface area contributed by atoms with E-state index in [2.05, 4.69) is 0 Å². The Labute approximate surface area is 125 Å². The van der Waals surface area contributed by atoms with Crippen LogP contribution in [0, 0.1) is 5.41 Å². The summed E-state index contributed by atoms with van der Waals surface area (Å²) >= 11 is 0. The van der Waals surface area contributed by atoms with Crippen molar-refractivity contribution in [2.24, 2.45) is 5.73 Å². The first kappa shape index (κ1) is 17.3. The zero-order chi connectivity index (χ0) is 12.1. The van der Waals surface area contributed by atoms with Crippen LogP contribution in [0.3, 0.4) is 0 Å². The quantitative estimate of drug-likeness (QED) is 0.671. The number of hydrogen-bond acceptors (Lipinski definition) is 2. The summed E-state index contributed by atoms with van der Waals surface area (Å²) in [5, 5.41) is 7.28. The molecule has 2 rings (SSSR count). The molecular formula is C14H16Cl2N2O. The Kier molecular flexibility index (Phi) is 7.65. The monoisotopic (exact) mass is 298 g/mol. The molecule has 3 nitrogen and oxygen atoms in total. The van der Waals surface area contributed by atoms with E-state index in [0.29, 0.717) is 12.2 Å². The number of benzene rings is 2. The summed E-state index contributed by atoms with van der Waals surface area (Å²) in [5.74, 6) is 0.846. The predicted octanol–water partition coefficient (Wildman–Crippen LogP) is 3.39. The molecule has 2 aromatic rings. The van der Waals surface area contributed by atoms with E-state index in [1.165, 1.54) is 0 Å². The molecule has 2 aromatic carbocycles. The van der Waals surface area contributed by atoms with Crippen molar-refractivity contribution in [3.63, 3.8) is 0 Å². The van der Waals surface area contributed by atoms with Gasteiger partial charge in [-0.25, -0.2) is 0 Å². The Hall–Kier alpha value is -1.71. The van der Waals surface area contributed by atoms with Gasteiger partial charge < -0.3 is 10.5 Å². The lowest BCUT2D eigenvalue weighted by Gasteiger charge is -2.06. The van der Waals surface area contributed by atoms with E-state index in [0.717, 1.165) is 11.3 Å². The summed E-state index contributed by atoms with van der Waals surface area (Å²) in [5.41, 5.74) is 7.20. The van der Waals surface area contributed by atoms with Gasteiger partial charge in [-0.15, -0.1) is 24.8 Å². The summed E-state index contributed by atoms with van der Waals surface area (Å²) in [7, 11) is 0.